The number of rotatable bonds is 3. The van der Waals surface area contributed by atoms with E-state index in [1.807, 2.05) is 0 Å². The predicted molar refractivity (Wildman–Crippen MR) is 65.1 cm³/mol. The van der Waals surface area contributed by atoms with Gasteiger partial charge in [-0.25, -0.2) is 0 Å². The summed E-state index contributed by atoms with van der Waals surface area (Å²) in [4.78, 5) is 14.6. The van der Waals surface area contributed by atoms with E-state index in [9.17, 15) is 4.79 Å². The molecule has 0 atom stereocenters. The first-order valence-electron chi connectivity index (χ1n) is 6.35. The second kappa shape index (κ2) is 3.46. The Morgan fingerprint density at radius 2 is 1.75 bits per heavy atom. The van der Waals surface area contributed by atoms with Gasteiger partial charge in [0.1, 0.15) is 0 Å². The minimum absolute atomic E-state index is 0.161. The lowest BCUT2D eigenvalue weighted by molar-refractivity contribution is -0.137. The Kier molecular flexibility index (Phi) is 2.57. The van der Waals surface area contributed by atoms with Crippen LogP contribution in [0.4, 0.5) is 0 Å². The van der Waals surface area contributed by atoms with E-state index in [2.05, 4.69) is 44.8 Å². The number of nitrogens with zero attached hydrogens (tertiary/aromatic N) is 1. The van der Waals surface area contributed by atoms with E-state index in [1.54, 1.807) is 0 Å². The van der Waals surface area contributed by atoms with Gasteiger partial charge >= 0.3 is 0 Å². The number of hydrogen-bond acceptors (Lipinski definition) is 2. The molecule has 0 aromatic rings. The first kappa shape index (κ1) is 11.9. The molecule has 1 saturated carbocycles. The maximum atomic E-state index is 12.5. The molecule has 3 heteroatoms. The van der Waals surface area contributed by atoms with E-state index < -0.39 is 0 Å². The molecule has 1 amide bonds. The second-order valence-electron chi connectivity index (χ2n) is 6.31. The summed E-state index contributed by atoms with van der Waals surface area (Å²) in [5.41, 5.74) is 0.323. The van der Waals surface area contributed by atoms with Gasteiger partial charge in [0.2, 0.25) is 5.91 Å². The maximum Gasteiger partial charge on any atom is 0.227 e. The largest absolute Gasteiger partial charge is 0.337 e. The number of likely N-dealkylation sites (N-methyl/N-ethyl adjacent to an activating group) is 1. The summed E-state index contributed by atoms with van der Waals surface area (Å²) in [6, 6.07) is 0.435. The fraction of sp³-hybridized carbons (Fsp3) is 0.923. The van der Waals surface area contributed by atoms with Gasteiger partial charge in [-0.1, -0.05) is 27.7 Å². The molecule has 0 bridgehead atoms. The molecule has 1 heterocycles. The Balaban J connectivity index is 2.08. The molecule has 0 aromatic carbocycles. The maximum absolute atomic E-state index is 12.5. The summed E-state index contributed by atoms with van der Waals surface area (Å²) in [5.74, 6) is 0.574. The van der Waals surface area contributed by atoms with Crippen molar-refractivity contribution in [3.63, 3.8) is 0 Å². The number of hydrogen-bond donors (Lipinski definition) is 1. The first-order chi connectivity index (χ1) is 7.34. The van der Waals surface area contributed by atoms with Gasteiger partial charge in [0, 0.05) is 25.6 Å². The molecule has 0 spiro atoms. The van der Waals surface area contributed by atoms with E-state index >= 15 is 0 Å². The van der Waals surface area contributed by atoms with Crippen molar-refractivity contribution in [1.29, 1.82) is 0 Å². The van der Waals surface area contributed by atoms with Crippen molar-refractivity contribution in [3.8, 4) is 0 Å². The number of carbonyl (C=O) groups is 1. The van der Waals surface area contributed by atoms with Crippen LogP contribution in [0.2, 0.25) is 0 Å². The molecular formula is C13H24N2O. The zero-order valence-corrected chi connectivity index (χ0v) is 11.1. The lowest BCUT2D eigenvalue weighted by Gasteiger charge is -2.38. The van der Waals surface area contributed by atoms with Crippen LogP contribution in [-0.4, -0.2) is 36.5 Å². The van der Waals surface area contributed by atoms with E-state index in [0.29, 0.717) is 11.9 Å². The molecule has 1 N–H and O–H groups in total. The van der Waals surface area contributed by atoms with E-state index in [-0.39, 0.29) is 16.7 Å². The minimum atomic E-state index is 0.161. The van der Waals surface area contributed by atoms with Crippen molar-refractivity contribution in [2.75, 3.05) is 19.6 Å². The highest BCUT2D eigenvalue weighted by Crippen LogP contribution is 2.68. The molecule has 1 saturated heterocycles. The molecule has 16 heavy (non-hydrogen) atoms. The zero-order valence-electron chi connectivity index (χ0n) is 11.1. The van der Waals surface area contributed by atoms with Gasteiger partial charge in [0.15, 0.2) is 0 Å². The van der Waals surface area contributed by atoms with Crippen LogP contribution in [0, 0.1) is 16.7 Å². The fourth-order valence-electron chi connectivity index (χ4n) is 3.07. The van der Waals surface area contributed by atoms with Gasteiger partial charge in [-0.05, 0) is 17.8 Å². The van der Waals surface area contributed by atoms with Crippen molar-refractivity contribution in [3.05, 3.63) is 0 Å². The average molecular weight is 224 g/mol. The summed E-state index contributed by atoms with van der Waals surface area (Å²) < 4.78 is 0. The SMILES string of the molecule is CCN(C(=O)C1C(C)(C)C1(C)C)C1CNC1. The molecular weight excluding hydrogens is 200 g/mol. The third kappa shape index (κ3) is 1.41. The Morgan fingerprint density at radius 1 is 1.25 bits per heavy atom. The van der Waals surface area contributed by atoms with Crippen molar-refractivity contribution in [1.82, 2.24) is 10.2 Å². The Morgan fingerprint density at radius 3 is 2.00 bits per heavy atom. The van der Waals surface area contributed by atoms with Crippen molar-refractivity contribution < 1.29 is 4.79 Å². The van der Waals surface area contributed by atoms with Crippen molar-refractivity contribution in [2.45, 2.75) is 40.7 Å². The van der Waals surface area contributed by atoms with Crippen molar-refractivity contribution >= 4 is 5.91 Å². The van der Waals surface area contributed by atoms with Gasteiger partial charge in [-0.3, -0.25) is 4.79 Å². The summed E-state index contributed by atoms with van der Waals surface area (Å²) in [7, 11) is 0. The first-order valence-corrected chi connectivity index (χ1v) is 6.35. The molecule has 3 nitrogen and oxygen atoms in total. The third-order valence-corrected chi connectivity index (χ3v) is 5.09. The highest BCUT2D eigenvalue weighted by molar-refractivity contribution is 5.84. The molecule has 2 rings (SSSR count). The standard InChI is InChI=1S/C13H24N2O/c1-6-15(9-7-14-8-9)11(16)10-12(2,3)13(10,4)5/h9-10,14H,6-8H2,1-5H3. The Bertz CT molecular complexity index is 291. The van der Waals surface area contributed by atoms with Crippen LogP contribution in [0.15, 0.2) is 0 Å². The van der Waals surface area contributed by atoms with Gasteiger partial charge < -0.3 is 10.2 Å². The van der Waals surface area contributed by atoms with Gasteiger partial charge in [0.05, 0.1) is 6.04 Å². The highest BCUT2D eigenvalue weighted by atomic mass is 16.2. The van der Waals surface area contributed by atoms with Crippen LogP contribution in [0.3, 0.4) is 0 Å². The normalized spacial score (nSPS) is 27.3. The molecule has 1 aliphatic carbocycles. The Labute approximate surface area is 98.6 Å². The molecule has 0 unspecified atom stereocenters. The topological polar surface area (TPSA) is 32.3 Å². The molecule has 1 aliphatic heterocycles. The molecule has 0 radical (unpaired) electrons. The van der Waals surface area contributed by atoms with Crippen LogP contribution < -0.4 is 5.32 Å². The van der Waals surface area contributed by atoms with Crippen LogP contribution in [0.1, 0.15) is 34.6 Å². The van der Waals surface area contributed by atoms with Crippen molar-refractivity contribution in [2.24, 2.45) is 16.7 Å². The minimum Gasteiger partial charge on any atom is -0.337 e. The lowest BCUT2D eigenvalue weighted by atomic mass is 10.0. The smallest absolute Gasteiger partial charge is 0.227 e. The summed E-state index contributed by atoms with van der Waals surface area (Å²) in [6.07, 6.45) is 0. The fourth-order valence-corrected chi connectivity index (χ4v) is 3.07. The van der Waals surface area contributed by atoms with E-state index in [1.165, 1.54) is 0 Å². The second-order valence-corrected chi connectivity index (χ2v) is 6.31. The van der Waals surface area contributed by atoms with Crippen LogP contribution in [0.25, 0.3) is 0 Å². The summed E-state index contributed by atoms with van der Waals surface area (Å²) in [5, 5.41) is 3.24. The van der Waals surface area contributed by atoms with Gasteiger partial charge in [-0.15, -0.1) is 0 Å². The zero-order chi connectivity index (χ0) is 12.1. The Hall–Kier alpha value is -0.570. The molecule has 2 aliphatic rings. The van der Waals surface area contributed by atoms with E-state index in [0.717, 1.165) is 19.6 Å². The highest BCUT2D eigenvalue weighted by Gasteiger charge is 2.69. The third-order valence-electron chi connectivity index (χ3n) is 5.09. The summed E-state index contributed by atoms with van der Waals surface area (Å²) >= 11 is 0. The molecule has 2 fully saturated rings. The lowest BCUT2D eigenvalue weighted by Crippen LogP contribution is -2.59. The van der Waals surface area contributed by atoms with E-state index in [4.69, 9.17) is 0 Å². The van der Waals surface area contributed by atoms with Gasteiger partial charge in [0.25, 0.3) is 0 Å². The quantitative estimate of drug-likeness (QED) is 0.787. The molecule has 0 aromatic heterocycles. The number of carbonyl (C=O) groups excluding carboxylic acids is 1. The summed E-state index contributed by atoms with van der Waals surface area (Å²) in [6.45, 7) is 13.7. The monoisotopic (exact) mass is 224 g/mol. The van der Waals surface area contributed by atoms with Gasteiger partial charge in [-0.2, -0.15) is 0 Å². The number of amides is 1. The van der Waals surface area contributed by atoms with Crippen LogP contribution in [-0.2, 0) is 4.79 Å². The number of nitrogens with one attached hydrogen (secondary N) is 1. The van der Waals surface area contributed by atoms with Crippen LogP contribution >= 0.6 is 0 Å². The predicted octanol–water partition coefficient (Wildman–Crippen LogP) is 1.49. The average Bonchev–Trinajstić information content (AvgIpc) is 2.49. The van der Waals surface area contributed by atoms with Crippen LogP contribution in [0.5, 0.6) is 0 Å². The molecule has 92 valence electrons.